The standard InChI is InChI=1S/C5H7N3OS/c1-2-3-4(9)6-5(10)8-7-3/h2H2,1H3,(H2,6,8,9,10). The highest BCUT2D eigenvalue weighted by Crippen LogP contribution is 1.80. The van der Waals surface area contributed by atoms with E-state index < -0.39 is 0 Å². The van der Waals surface area contributed by atoms with Crippen LogP contribution in [-0.2, 0) is 6.42 Å². The van der Waals surface area contributed by atoms with E-state index in [4.69, 9.17) is 0 Å². The molecule has 0 aliphatic heterocycles. The number of H-pyrrole nitrogens is 2. The van der Waals surface area contributed by atoms with Crippen molar-refractivity contribution in [1.82, 2.24) is 15.2 Å². The van der Waals surface area contributed by atoms with Crippen molar-refractivity contribution in [1.29, 1.82) is 0 Å². The maximum Gasteiger partial charge on any atom is 0.273 e. The summed E-state index contributed by atoms with van der Waals surface area (Å²) in [7, 11) is 0. The second kappa shape index (κ2) is 2.74. The predicted molar refractivity (Wildman–Crippen MR) is 39.4 cm³/mol. The average Bonchev–Trinajstić information content (AvgIpc) is 1.88. The average molecular weight is 157 g/mol. The van der Waals surface area contributed by atoms with Gasteiger partial charge in [0.1, 0.15) is 5.69 Å². The van der Waals surface area contributed by atoms with E-state index in [1.165, 1.54) is 0 Å². The van der Waals surface area contributed by atoms with Crippen LogP contribution in [0.5, 0.6) is 0 Å². The van der Waals surface area contributed by atoms with Crippen molar-refractivity contribution in [3.05, 3.63) is 20.8 Å². The molecule has 54 valence electrons. The van der Waals surface area contributed by atoms with Crippen LogP contribution in [0.4, 0.5) is 0 Å². The van der Waals surface area contributed by atoms with Gasteiger partial charge in [-0.25, -0.2) is 0 Å². The zero-order valence-corrected chi connectivity index (χ0v) is 6.29. The summed E-state index contributed by atoms with van der Waals surface area (Å²) in [5.74, 6) is 0. The molecular formula is C5H7N3OS. The van der Waals surface area contributed by atoms with Crippen LogP contribution >= 0.6 is 12.2 Å². The number of rotatable bonds is 1. The molecule has 1 heterocycles. The Morgan fingerprint density at radius 1 is 1.70 bits per heavy atom. The van der Waals surface area contributed by atoms with E-state index in [9.17, 15) is 4.79 Å². The van der Waals surface area contributed by atoms with Crippen LogP contribution in [0, 0.1) is 4.77 Å². The van der Waals surface area contributed by atoms with Gasteiger partial charge in [-0.15, -0.1) is 0 Å². The van der Waals surface area contributed by atoms with Gasteiger partial charge in [0.25, 0.3) is 5.56 Å². The SMILES string of the molecule is CCc1n[nH]c(=S)[nH]c1=O. The lowest BCUT2D eigenvalue weighted by atomic mass is 10.4. The van der Waals surface area contributed by atoms with E-state index >= 15 is 0 Å². The molecule has 0 spiro atoms. The molecule has 0 amide bonds. The van der Waals surface area contributed by atoms with E-state index in [0.29, 0.717) is 12.1 Å². The van der Waals surface area contributed by atoms with Gasteiger partial charge in [-0.2, -0.15) is 5.10 Å². The monoisotopic (exact) mass is 157 g/mol. The second-order valence-corrected chi connectivity index (χ2v) is 2.22. The molecule has 0 aromatic carbocycles. The number of nitrogens with zero attached hydrogens (tertiary/aromatic N) is 1. The smallest absolute Gasteiger partial charge is 0.273 e. The Hall–Kier alpha value is -0.970. The first kappa shape index (κ1) is 7.14. The number of aryl methyl sites for hydroxylation is 1. The Balaban J connectivity index is 3.34. The molecule has 0 aliphatic rings. The van der Waals surface area contributed by atoms with E-state index in [1.807, 2.05) is 6.92 Å². The zero-order valence-electron chi connectivity index (χ0n) is 5.47. The van der Waals surface area contributed by atoms with Crippen molar-refractivity contribution in [2.75, 3.05) is 0 Å². The molecule has 1 rings (SSSR count). The quantitative estimate of drug-likeness (QED) is 0.580. The summed E-state index contributed by atoms with van der Waals surface area (Å²) >= 11 is 4.63. The Labute approximate surface area is 62.3 Å². The summed E-state index contributed by atoms with van der Waals surface area (Å²) in [4.78, 5) is 13.3. The summed E-state index contributed by atoms with van der Waals surface area (Å²) in [5.41, 5.74) is 0.278. The van der Waals surface area contributed by atoms with E-state index in [2.05, 4.69) is 27.4 Å². The third-order valence-electron chi connectivity index (χ3n) is 1.12. The first-order chi connectivity index (χ1) is 4.74. The topological polar surface area (TPSA) is 61.5 Å². The lowest BCUT2D eigenvalue weighted by molar-refractivity contribution is 0.839. The molecule has 1 aromatic heterocycles. The molecule has 4 nitrogen and oxygen atoms in total. The van der Waals surface area contributed by atoms with Crippen LogP contribution in [0.2, 0.25) is 0 Å². The maximum atomic E-state index is 10.9. The number of nitrogens with one attached hydrogen (secondary N) is 2. The summed E-state index contributed by atoms with van der Waals surface area (Å²) in [6.45, 7) is 1.86. The van der Waals surface area contributed by atoms with Crippen LogP contribution in [0.1, 0.15) is 12.6 Å². The normalized spacial score (nSPS) is 9.70. The molecule has 0 saturated heterocycles. The van der Waals surface area contributed by atoms with Crippen molar-refractivity contribution in [3.63, 3.8) is 0 Å². The van der Waals surface area contributed by atoms with Gasteiger partial charge in [-0.05, 0) is 18.6 Å². The van der Waals surface area contributed by atoms with Crippen molar-refractivity contribution in [2.45, 2.75) is 13.3 Å². The van der Waals surface area contributed by atoms with Gasteiger partial charge in [-0.1, -0.05) is 6.92 Å². The second-order valence-electron chi connectivity index (χ2n) is 1.81. The first-order valence-electron chi connectivity index (χ1n) is 2.92. The van der Waals surface area contributed by atoms with Crippen LogP contribution in [0.25, 0.3) is 0 Å². The first-order valence-corrected chi connectivity index (χ1v) is 3.32. The molecule has 0 saturated carbocycles. The van der Waals surface area contributed by atoms with Crippen molar-refractivity contribution >= 4 is 12.2 Å². The third-order valence-corrected chi connectivity index (χ3v) is 1.31. The Morgan fingerprint density at radius 2 is 2.40 bits per heavy atom. The van der Waals surface area contributed by atoms with Crippen molar-refractivity contribution in [2.24, 2.45) is 0 Å². The lowest BCUT2D eigenvalue weighted by Crippen LogP contribution is -2.15. The molecule has 0 bridgehead atoms. The van der Waals surface area contributed by atoms with E-state index in [0.717, 1.165) is 0 Å². The fraction of sp³-hybridized carbons (Fsp3) is 0.400. The Bertz CT molecular complexity index is 326. The molecule has 0 fully saturated rings. The molecule has 0 unspecified atom stereocenters. The predicted octanol–water partition coefficient (Wildman–Crippen LogP) is 0.390. The lowest BCUT2D eigenvalue weighted by Gasteiger charge is -1.90. The molecule has 10 heavy (non-hydrogen) atoms. The van der Waals surface area contributed by atoms with Crippen molar-refractivity contribution < 1.29 is 0 Å². The minimum atomic E-state index is -0.203. The van der Waals surface area contributed by atoms with Gasteiger partial charge in [-0.3, -0.25) is 14.9 Å². The summed E-state index contributed by atoms with van der Waals surface area (Å²) < 4.78 is 0.266. The highest BCUT2D eigenvalue weighted by molar-refractivity contribution is 7.71. The van der Waals surface area contributed by atoms with Crippen LogP contribution < -0.4 is 5.56 Å². The van der Waals surface area contributed by atoms with Crippen LogP contribution in [0.3, 0.4) is 0 Å². The Morgan fingerprint density at radius 3 is 2.90 bits per heavy atom. The minimum absolute atomic E-state index is 0.203. The maximum absolute atomic E-state index is 10.9. The highest BCUT2D eigenvalue weighted by atomic mass is 32.1. The van der Waals surface area contributed by atoms with Crippen molar-refractivity contribution in [3.8, 4) is 0 Å². The van der Waals surface area contributed by atoms with E-state index in [1.54, 1.807) is 0 Å². The molecule has 0 radical (unpaired) electrons. The third kappa shape index (κ3) is 1.30. The summed E-state index contributed by atoms with van der Waals surface area (Å²) in [6, 6.07) is 0. The number of hydrogen-bond acceptors (Lipinski definition) is 3. The highest BCUT2D eigenvalue weighted by Gasteiger charge is 1.94. The van der Waals surface area contributed by atoms with E-state index in [-0.39, 0.29) is 10.3 Å². The van der Waals surface area contributed by atoms with Gasteiger partial charge in [0.05, 0.1) is 0 Å². The zero-order chi connectivity index (χ0) is 7.56. The largest absolute Gasteiger partial charge is 0.296 e. The number of hydrogen-bond donors (Lipinski definition) is 2. The molecule has 0 atom stereocenters. The van der Waals surface area contributed by atoms with Crippen LogP contribution in [-0.4, -0.2) is 15.2 Å². The number of aromatic amines is 2. The minimum Gasteiger partial charge on any atom is -0.296 e. The fourth-order valence-electron chi connectivity index (χ4n) is 0.612. The molecule has 5 heteroatoms. The molecular weight excluding hydrogens is 150 g/mol. The summed E-state index contributed by atoms with van der Waals surface area (Å²) in [5, 5.41) is 6.22. The van der Waals surface area contributed by atoms with Crippen LogP contribution in [0.15, 0.2) is 4.79 Å². The number of aromatic nitrogens is 3. The summed E-state index contributed by atoms with van der Waals surface area (Å²) in [6.07, 6.45) is 0.613. The molecule has 2 N–H and O–H groups in total. The molecule has 1 aromatic rings. The Kier molecular flexibility index (Phi) is 1.96. The van der Waals surface area contributed by atoms with Gasteiger partial charge in [0.2, 0.25) is 0 Å². The van der Waals surface area contributed by atoms with Gasteiger partial charge >= 0.3 is 0 Å². The van der Waals surface area contributed by atoms with Gasteiger partial charge in [0.15, 0.2) is 4.77 Å². The van der Waals surface area contributed by atoms with Gasteiger partial charge in [0, 0.05) is 0 Å². The fourth-order valence-corrected chi connectivity index (χ4v) is 0.750. The van der Waals surface area contributed by atoms with Gasteiger partial charge < -0.3 is 0 Å². The molecule has 0 aliphatic carbocycles.